The molecule has 0 amide bonds. The summed E-state index contributed by atoms with van der Waals surface area (Å²) < 4.78 is 36.6. The molecule has 0 radical (unpaired) electrons. The number of aliphatic carboxylic acids is 1. The van der Waals surface area contributed by atoms with Crippen molar-refractivity contribution < 1.29 is 27.8 Å². The summed E-state index contributed by atoms with van der Waals surface area (Å²) in [5, 5.41) is 8.71. The van der Waals surface area contributed by atoms with Gasteiger partial charge in [0, 0.05) is 6.07 Å². The van der Waals surface area contributed by atoms with Gasteiger partial charge in [0.25, 0.3) is 0 Å². The lowest BCUT2D eigenvalue weighted by molar-refractivity contribution is -0.131. The number of para-hydroxylation sites is 1. The number of benzene rings is 2. The van der Waals surface area contributed by atoms with Crippen molar-refractivity contribution in [1.82, 2.24) is 0 Å². The zero-order valence-corrected chi connectivity index (χ0v) is 14.4. The highest BCUT2D eigenvalue weighted by Crippen LogP contribution is 2.34. The van der Waals surface area contributed by atoms with Gasteiger partial charge in [0.2, 0.25) is 10.0 Å². The molecule has 0 aromatic heterocycles. The molecule has 7 nitrogen and oxygen atoms in total. The minimum Gasteiger partial charge on any atom is -0.478 e. The summed E-state index contributed by atoms with van der Waals surface area (Å²) in [6, 6.07) is 13.4. The van der Waals surface area contributed by atoms with E-state index in [-0.39, 0.29) is 22.9 Å². The quantitative estimate of drug-likeness (QED) is 0.578. The summed E-state index contributed by atoms with van der Waals surface area (Å²) in [6.07, 6.45) is 1.92. The summed E-state index contributed by atoms with van der Waals surface area (Å²) in [5.74, 6) is 0.0885. The monoisotopic (exact) mass is 363 g/mol. The molecule has 132 valence electrons. The minimum atomic E-state index is -3.55. The highest BCUT2D eigenvalue weighted by molar-refractivity contribution is 7.92. The van der Waals surface area contributed by atoms with E-state index < -0.39 is 16.0 Å². The lowest BCUT2D eigenvalue weighted by Crippen LogP contribution is -2.10. The second-order valence-corrected chi connectivity index (χ2v) is 6.89. The molecular formula is C17H17NO6S. The normalized spacial score (nSPS) is 11.7. The van der Waals surface area contributed by atoms with E-state index in [0.717, 1.165) is 12.3 Å². The maximum atomic E-state index is 11.6. The van der Waals surface area contributed by atoms with E-state index in [2.05, 4.69) is 4.72 Å². The van der Waals surface area contributed by atoms with E-state index in [9.17, 15) is 13.2 Å². The Bertz CT molecular complexity index is 891. The minimum absolute atomic E-state index is 0.148. The van der Waals surface area contributed by atoms with Crippen molar-refractivity contribution in [3.63, 3.8) is 0 Å². The number of allylic oxidation sites excluding steroid dienone is 1. The number of rotatable bonds is 7. The lowest BCUT2D eigenvalue weighted by Gasteiger charge is -2.14. The molecule has 2 aromatic carbocycles. The van der Waals surface area contributed by atoms with Gasteiger partial charge in [-0.05, 0) is 31.2 Å². The Morgan fingerprint density at radius 2 is 1.80 bits per heavy atom. The summed E-state index contributed by atoms with van der Waals surface area (Å²) in [4.78, 5) is 10.6. The molecular weight excluding hydrogens is 346 g/mol. The van der Waals surface area contributed by atoms with E-state index in [1.54, 1.807) is 30.3 Å². The van der Waals surface area contributed by atoms with Crippen LogP contribution < -0.4 is 14.2 Å². The van der Waals surface area contributed by atoms with E-state index >= 15 is 0 Å². The van der Waals surface area contributed by atoms with E-state index in [4.69, 9.17) is 14.6 Å². The molecule has 0 aliphatic rings. The number of carbonyl (C=O) groups is 1. The molecule has 0 saturated carbocycles. The largest absolute Gasteiger partial charge is 0.478 e. The Balaban J connectivity index is 2.34. The standard InChI is InChI=1S/C17H17NO6S/c1-12(10-17(19)20)23-14-8-9-16(15(11-14)18-25(2,21)22)24-13-6-4-3-5-7-13/h3-11,18H,1-2H3,(H,19,20). The number of nitrogens with one attached hydrogen (secondary N) is 1. The van der Waals surface area contributed by atoms with Gasteiger partial charge >= 0.3 is 5.97 Å². The first kappa shape index (κ1) is 18.3. The maximum Gasteiger partial charge on any atom is 0.331 e. The SMILES string of the molecule is CC(=CC(=O)O)Oc1ccc(Oc2ccccc2)c(NS(C)(=O)=O)c1. The third-order valence-corrected chi connectivity index (χ3v) is 3.41. The summed E-state index contributed by atoms with van der Waals surface area (Å²) >= 11 is 0. The number of carboxylic acids is 1. The summed E-state index contributed by atoms with van der Waals surface area (Å²) in [7, 11) is -3.55. The van der Waals surface area contributed by atoms with Crippen molar-refractivity contribution in [3.8, 4) is 17.2 Å². The van der Waals surface area contributed by atoms with Gasteiger partial charge in [0.05, 0.1) is 18.0 Å². The molecule has 0 unspecified atom stereocenters. The fourth-order valence-corrected chi connectivity index (χ4v) is 2.50. The van der Waals surface area contributed by atoms with Crippen LogP contribution in [-0.4, -0.2) is 25.7 Å². The van der Waals surface area contributed by atoms with Crippen molar-refractivity contribution in [2.45, 2.75) is 6.92 Å². The van der Waals surface area contributed by atoms with Crippen LogP contribution in [0.4, 0.5) is 5.69 Å². The second kappa shape index (κ2) is 7.71. The average Bonchev–Trinajstić information content (AvgIpc) is 2.48. The molecule has 8 heteroatoms. The molecule has 0 saturated heterocycles. The van der Waals surface area contributed by atoms with Crippen molar-refractivity contribution >= 4 is 21.7 Å². The van der Waals surface area contributed by atoms with Crippen LogP contribution >= 0.6 is 0 Å². The van der Waals surface area contributed by atoms with Gasteiger partial charge in [0.1, 0.15) is 17.3 Å². The first-order valence-electron chi connectivity index (χ1n) is 7.17. The lowest BCUT2D eigenvalue weighted by atomic mass is 10.2. The molecule has 0 fully saturated rings. The summed E-state index contributed by atoms with van der Waals surface area (Å²) in [6.45, 7) is 1.48. The van der Waals surface area contributed by atoms with Gasteiger partial charge in [-0.3, -0.25) is 4.72 Å². The molecule has 0 bridgehead atoms. The average molecular weight is 363 g/mol. The molecule has 0 spiro atoms. The van der Waals surface area contributed by atoms with Gasteiger partial charge in [-0.25, -0.2) is 13.2 Å². The Labute approximate surface area is 145 Å². The van der Waals surface area contributed by atoms with Crippen LogP contribution in [0.1, 0.15) is 6.92 Å². The van der Waals surface area contributed by atoms with Crippen LogP contribution in [-0.2, 0) is 14.8 Å². The number of ether oxygens (including phenoxy) is 2. The van der Waals surface area contributed by atoms with Gasteiger partial charge in [-0.15, -0.1) is 0 Å². The molecule has 25 heavy (non-hydrogen) atoms. The van der Waals surface area contributed by atoms with Gasteiger partial charge < -0.3 is 14.6 Å². The topological polar surface area (TPSA) is 102 Å². The van der Waals surface area contributed by atoms with Gasteiger partial charge in [0.15, 0.2) is 5.75 Å². The van der Waals surface area contributed by atoms with Crippen molar-refractivity contribution in [3.05, 3.63) is 60.4 Å². The van der Waals surface area contributed by atoms with Gasteiger partial charge in [-0.2, -0.15) is 0 Å². The zero-order valence-electron chi connectivity index (χ0n) is 13.6. The Morgan fingerprint density at radius 3 is 2.40 bits per heavy atom. The second-order valence-electron chi connectivity index (χ2n) is 5.14. The molecule has 2 N–H and O–H groups in total. The molecule has 0 aliphatic carbocycles. The van der Waals surface area contributed by atoms with E-state index in [0.29, 0.717) is 5.75 Å². The molecule has 0 atom stereocenters. The highest BCUT2D eigenvalue weighted by atomic mass is 32.2. The Hall–Kier alpha value is -3.00. The van der Waals surface area contributed by atoms with Crippen LogP contribution in [0, 0.1) is 0 Å². The third kappa shape index (κ3) is 6.19. The van der Waals surface area contributed by atoms with Gasteiger partial charge in [-0.1, -0.05) is 18.2 Å². The Kier molecular flexibility index (Phi) is 5.66. The summed E-state index contributed by atoms with van der Waals surface area (Å²) in [5.41, 5.74) is 0.173. The van der Waals surface area contributed by atoms with Crippen molar-refractivity contribution in [2.75, 3.05) is 11.0 Å². The molecule has 0 heterocycles. The molecule has 2 aromatic rings. The molecule has 2 rings (SSSR count). The fourth-order valence-electron chi connectivity index (χ4n) is 1.95. The van der Waals surface area contributed by atoms with Crippen LogP contribution in [0.15, 0.2) is 60.4 Å². The predicted octanol–water partition coefficient (Wildman–Crippen LogP) is 3.22. The van der Waals surface area contributed by atoms with Crippen molar-refractivity contribution in [2.24, 2.45) is 0 Å². The first-order valence-corrected chi connectivity index (χ1v) is 9.06. The van der Waals surface area contributed by atoms with Crippen LogP contribution in [0.25, 0.3) is 0 Å². The number of hydrogen-bond donors (Lipinski definition) is 2. The Morgan fingerprint density at radius 1 is 1.12 bits per heavy atom. The maximum absolute atomic E-state index is 11.6. The highest BCUT2D eigenvalue weighted by Gasteiger charge is 2.12. The number of anilines is 1. The zero-order chi connectivity index (χ0) is 18.4. The molecule has 0 aliphatic heterocycles. The van der Waals surface area contributed by atoms with Crippen LogP contribution in [0.5, 0.6) is 17.2 Å². The third-order valence-electron chi connectivity index (χ3n) is 2.82. The van der Waals surface area contributed by atoms with E-state index in [1.807, 2.05) is 6.07 Å². The van der Waals surface area contributed by atoms with Crippen molar-refractivity contribution in [1.29, 1.82) is 0 Å². The number of hydrogen-bond acceptors (Lipinski definition) is 5. The fraction of sp³-hybridized carbons (Fsp3) is 0.118. The smallest absolute Gasteiger partial charge is 0.331 e. The first-order chi connectivity index (χ1) is 11.7. The number of sulfonamides is 1. The van der Waals surface area contributed by atoms with Crippen LogP contribution in [0.2, 0.25) is 0 Å². The van der Waals surface area contributed by atoms with E-state index in [1.165, 1.54) is 19.1 Å². The predicted molar refractivity (Wildman–Crippen MR) is 93.4 cm³/mol. The number of carboxylic acid groups (broad SMARTS) is 1. The van der Waals surface area contributed by atoms with Crippen LogP contribution in [0.3, 0.4) is 0 Å².